The lowest BCUT2D eigenvalue weighted by Crippen LogP contribution is -2.53. The molecule has 4 N–H and O–H groups in total. The van der Waals surface area contributed by atoms with E-state index in [1.807, 2.05) is 20.0 Å². The van der Waals surface area contributed by atoms with Gasteiger partial charge >= 0.3 is 6.09 Å². The van der Waals surface area contributed by atoms with Crippen molar-refractivity contribution in [1.82, 2.24) is 25.3 Å². The van der Waals surface area contributed by atoms with Gasteiger partial charge in [-0.2, -0.15) is 0 Å². The van der Waals surface area contributed by atoms with E-state index >= 15 is 0 Å². The highest BCUT2D eigenvalue weighted by atomic mass is 16.6. The van der Waals surface area contributed by atoms with Crippen molar-refractivity contribution < 1.29 is 67.1 Å². The molecule has 22 nitrogen and oxygen atoms in total. The topological polar surface area (TPSA) is 264 Å². The summed E-state index contributed by atoms with van der Waals surface area (Å²) < 4.78 is 29.4. The monoisotopic (exact) mass is 1130 g/mol. The maximum atomic E-state index is 14.2. The molecule has 6 atom stereocenters. The Kier molecular flexibility index (Phi) is 19.4. The first-order valence-corrected chi connectivity index (χ1v) is 28.0. The van der Waals surface area contributed by atoms with Crippen LogP contribution in [0.1, 0.15) is 132 Å². The van der Waals surface area contributed by atoms with Crippen molar-refractivity contribution in [2.45, 2.75) is 143 Å². The second-order valence-corrected chi connectivity index (χ2v) is 21.8. The van der Waals surface area contributed by atoms with E-state index in [9.17, 15) is 43.5 Å². The fraction of sp³-hybridized carbons (Fsp3) is 0.483. The smallest absolute Gasteiger partial charge is 0.416 e. The Balaban J connectivity index is 0.826. The number of nitrogens with one attached hydrogen (secondary N) is 3. The third kappa shape index (κ3) is 13.7. The van der Waals surface area contributed by atoms with Crippen LogP contribution in [0.15, 0.2) is 77.1 Å². The first kappa shape index (κ1) is 59.8. The van der Waals surface area contributed by atoms with Gasteiger partial charge in [0.1, 0.15) is 18.7 Å². The number of hydrogen-bond acceptors (Lipinski definition) is 15. The molecule has 22 heteroatoms. The van der Waals surface area contributed by atoms with Gasteiger partial charge in [0.05, 0.1) is 62.0 Å². The fourth-order valence-electron chi connectivity index (χ4n) is 10.5. The first-order valence-electron chi connectivity index (χ1n) is 28.0. The highest BCUT2D eigenvalue weighted by Crippen LogP contribution is 2.43. The van der Waals surface area contributed by atoms with Crippen LogP contribution in [0.5, 0.6) is 23.0 Å². The third-order valence-electron chi connectivity index (χ3n) is 15.1. The van der Waals surface area contributed by atoms with Gasteiger partial charge in [-0.1, -0.05) is 50.5 Å². The molecule has 1 unspecified atom stereocenters. The predicted octanol–water partition coefficient (Wildman–Crippen LogP) is 7.30. The number of unbranched alkanes of at least 4 members (excludes halogenated alkanes) is 4. The quantitative estimate of drug-likeness (QED) is 0.0507. The second kappa shape index (κ2) is 26.5. The minimum Gasteiger partial charge on any atom is -0.493 e. The zero-order chi connectivity index (χ0) is 58.9. The van der Waals surface area contributed by atoms with Crippen molar-refractivity contribution in [3.05, 3.63) is 88.8 Å². The van der Waals surface area contributed by atoms with E-state index < -0.39 is 48.2 Å². The van der Waals surface area contributed by atoms with Crippen molar-refractivity contribution in [2.24, 2.45) is 16.8 Å². The lowest BCUT2D eigenvalue weighted by atomic mass is 10.0. The second-order valence-electron chi connectivity index (χ2n) is 21.8. The standard InChI is InChI=1S/C60H74N8O14/c1-34(2)53(64-51(69)15-11-9-12-20-65-52(70)25-37(5)56(65)73)55(72)62-38(6)54(71)63-40-18-16-39(17-19-40)33-82-60(77)68-45-29-50(48(79-8)27-43(45)58(75)67-32-36(4)24-46(67)59(68)76)81-22-14-10-13-21-80-49-28-44-42(26-47(49)78-7)57(74)66-31-35(3)23-41(66)30-61-44/h16-19,26-32,34,37-38,41,46,53,59,76H,9-15,20-25,33H2,1-8H3,(H,62,72)(H,63,71)(H,64,69)/t37?,38-,41-,46-,53-,59-/m0/s1. The molecule has 0 radical (unpaired) electrons. The van der Waals surface area contributed by atoms with Crippen LogP contribution in [-0.2, 0) is 35.3 Å². The average molecular weight is 1130 g/mol. The average Bonchev–Trinajstić information content (AvgIpc) is 3.01. The van der Waals surface area contributed by atoms with Crippen LogP contribution in [0.25, 0.3) is 0 Å². The summed E-state index contributed by atoms with van der Waals surface area (Å²) in [6, 6.07) is 10.0. The van der Waals surface area contributed by atoms with Crippen molar-refractivity contribution in [2.75, 3.05) is 44.2 Å². The summed E-state index contributed by atoms with van der Waals surface area (Å²) in [4.78, 5) is 115. The van der Waals surface area contributed by atoms with Gasteiger partial charge in [-0.05, 0) is 101 Å². The van der Waals surface area contributed by atoms with Crippen LogP contribution < -0.4 is 39.8 Å². The van der Waals surface area contributed by atoms with Crippen LogP contribution in [0.4, 0.5) is 21.9 Å². The molecule has 5 aliphatic heterocycles. The zero-order valence-corrected chi connectivity index (χ0v) is 47.8. The van der Waals surface area contributed by atoms with Gasteiger partial charge < -0.3 is 54.5 Å². The molecule has 3 aromatic rings. The van der Waals surface area contributed by atoms with Crippen LogP contribution in [-0.4, -0.2) is 138 Å². The van der Waals surface area contributed by atoms with E-state index in [0.29, 0.717) is 92.1 Å². The van der Waals surface area contributed by atoms with E-state index in [-0.39, 0.29) is 90.3 Å². The largest absolute Gasteiger partial charge is 0.493 e. The van der Waals surface area contributed by atoms with Gasteiger partial charge in [-0.25, -0.2) is 9.69 Å². The van der Waals surface area contributed by atoms with E-state index in [1.165, 1.54) is 43.1 Å². The van der Waals surface area contributed by atoms with Crippen molar-refractivity contribution in [3.8, 4) is 23.0 Å². The van der Waals surface area contributed by atoms with Crippen molar-refractivity contribution in [3.63, 3.8) is 0 Å². The summed E-state index contributed by atoms with van der Waals surface area (Å²) in [5.74, 6) is -1.53. The number of ether oxygens (including phenoxy) is 5. The number of likely N-dealkylation sites (tertiary alicyclic amines) is 1. The molecule has 3 aromatic carbocycles. The Morgan fingerprint density at radius 1 is 0.732 bits per heavy atom. The normalized spacial score (nSPS) is 19.7. The highest BCUT2D eigenvalue weighted by molar-refractivity contribution is 6.07. The van der Waals surface area contributed by atoms with Crippen LogP contribution in [0, 0.1) is 11.8 Å². The number of methoxy groups -OCH3 is 2. The molecule has 0 spiro atoms. The van der Waals surface area contributed by atoms with Crippen LogP contribution >= 0.6 is 0 Å². The molecule has 8 amide bonds. The molecular formula is C60H74N8O14. The van der Waals surface area contributed by atoms with Gasteiger partial charge in [0, 0.05) is 61.7 Å². The Morgan fingerprint density at radius 2 is 1.37 bits per heavy atom. The minimum absolute atomic E-state index is 0.0653. The molecule has 0 bridgehead atoms. The molecule has 438 valence electrons. The number of aliphatic imine (C=N–C) groups is 1. The number of aliphatic hydroxyl groups excluding tert-OH is 1. The first-order chi connectivity index (χ1) is 39.3. The number of imide groups is 1. The molecular weight excluding hydrogens is 1060 g/mol. The number of hydrogen-bond donors (Lipinski definition) is 4. The molecule has 1 saturated heterocycles. The summed E-state index contributed by atoms with van der Waals surface area (Å²) in [5.41, 5.74) is 3.97. The Labute approximate surface area is 477 Å². The molecule has 1 fully saturated rings. The number of amides is 8. The Morgan fingerprint density at radius 3 is 2.02 bits per heavy atom. The Bertz CT molecular complexity index is 3050. The summed E-state index contributed by atoms with van der Waals surface area (Å²) in [5, 5.41) is 20.1. The van der Waals surface area contributed by atoms with Gasteiger partial charge in [-0.3, -0.25) is 43.5 Å². The fourth-order valence-corrected chi connectivity index (χ4v) is 10.5. The van der Waals surface area contributed by atoms with E-state index in [4.69, 9.17) is 23.7 Å². The number of carbonyl (C=O) groups excluding carboxylic acids is 8. The molecule has 5 heterocycles. The third-order valence-corrected chi connectivity index (χ3v) is 15.1. The van der Waals surface area contributed by atoms with Crippen LogP contribution in [0.3, 0.4) is 0 Å². The minimum atomic E-state index is -1.52. The summed E-state index contributed by atoms with van der Waals surface area (Å²) in [6.45, 7) is 11.3. The number of aliphatic hydroxyl groups is 1. The zero-order valence-electron chi connectivity index (χ0n) is 47.8. The Hall–Kier alpha value is -8.27. The number of nitrogens with zero attached hydrogens (tertiary/aromatic N) is 5. The number of rotatable bonds is 24. The number of anilines is 2. The molecule has 0 saturated carbocycles. The summed E-state index contributed by atoms with van der Waals surface area (Å²) >= 11 is 0. The molecule has 8 rings (SSSR count). The maximum absolute atomic E-state index is 14.2. The van der Waals surface area contributed by atoms with E-state index in [0.717, 1.165) is 22.5 Å². The lowest BCUT2D eigenvalue weighted by molar-refractivity contribution is -0.139. The lowest BCUT2D eigenvalue weighted by Gasteiger charge is -2.31. The number of carbonyl (C=O) groups is 8. The van der Waals surface area contributed by atoms with E-state index in [1.54, 1.807) is 74.5 Å². The van der Waals surface area contributed by atoms with Crippen LogP contribution in [0.2, 0.25) is 0 Å². The highest BCUT2D eigenvalue weighted by Gasteiger charge is 2.45. The summed E-state index contributed by atoms with van der Waals surface area (Å²) in [7, 11) is 2.96. The van der Waals surface area contributed by atoms with Gasteiger partial charge in [0.25, 0.3) is 11.8 Å². The maximum Gasteiger partial charge on any atom is 0.416 e. The van der Waals surface area contributed by atoms with Crippen molar-refractivity contribution >= 4 is 70.7 Å². The molecule has 0 aliphatic carbocycles. The SMILES string of the molecule is COc1cc2c(cc1OCCCCCOc1cc3c(cc1OC)C(=O)N1C=C(C)C[C@H]1[C@H](O)N3C(=O)OCc1ccc(NC(=O)[C@H](C)NC(=O)[C@@H](NC(=O)CCCCCN3C(=O)CC(C)C3=O)C(C)C)cc1)N=C[C@@H]1CC(C)=CN1C2=O. The predicted molar refractivity (Wildman–Crippen MR) is 303 cm³/mol. The number of fused-ring (bicyclic) bond motifs is 4. The van der Waals surface area contributed by atoms with Gasteiger partial charge in [-0.15, -0.1) is 0 Å². The van der Waals surface area contributed by atoms with Gasteiger partial charge in [0.2, 0.25) is 29.5 Å². The number of benzene rings is 3. The molecule has 0 aromatic heterocycles. The van der Waals surface area contributed by atoms with E-state index in [2.05, 4.69) is 20.9 Å². The molecule has 5 aliphatic rings. The van der Waals surface area contributed by atoms with Gasteiger partial charge in [0.15, 0.2) is 29.2 Å². The van der Waals surface area contributed by atoms with Crippen molar-refractivity contribution in [1.29, 1.82) is 0 Å². The molecule has 82 heavy (non-hydrogen) atoms. The summed E-state index contributed by atoms with van der Waals surface area (Å²) in [6.07, 6.45) is 7.91.